The highest BCUT2D eigenvalue weighted by Gasteiger charge is 2.37. The van der Waals surface area contributed by atoms with Crippen molar-refractivity contribution in [3.63, 3.8) is 0 Å². The van der Waals surface area contributed by atoms with Crippen LogP contribution in [-0.2, 0) is 9.84 Å². The summed E-state index contributed by atoms with van der Waals surface area (Å²) < 4.78 is 22.6. The van der Waals surface area contributed by atoms with Gasteiger partial charge in [-0.2, -0.15) is 0 Å². The van der Waals surface area contributed by atoms with E-state index in [4.69, 9.17) is 0 Å². The van der Waals surface area contributed by atoms with E-state index in [1.54, 1.807) is 0 Å². The van der Waals surface area contributed by atoms with Crippen LogP contribution in [0.25, 0.3) is 0 Å². The van der Waals surface area contributed by atoms with Gasteiger partial charge < -0.3 is 5.11 Å². The normalized spacial score (nSPS) is 42.5. The van der Waals surface area contributed by atoms with Gasteiger partial charge in [-0.15, -0.1) is 0 Å². The van der Waals surface area contributed by atoms with Gasteiger partial charge >= 0.3 is 0 Å². The van der Waals surface area contributed by atoms with Gasteiger partial charge in [0.25, 0.3) is 0 Å². The van der Waals surface area contributed by atoms with Crippen molar-refractivity contribution in [2.24, 2.45) is 11.8 Å². The molecule has 1 aliphatic heterocycles. The van der Waals surface area contributed by atoms with E-state index in [0.29, 0.717) is 11.5 Å². The number of hydrogen-bond donors (Lipinski definition) is 1. The largest absolute Gasteiger partial charge is 0.393 e. The Balaban J connectivity index is 2.01. The number of aliphatic hydroxyl groups excluding tert-OH is 1. The number of aliphatic hydroxyl groups is 1. The van der Waals surface area contributed by atoms with Crippen LogP contribution in [0.5, 0.6) is 0 Å². The Morgan fingerprint density at radius 3 is 2.36 bits per heavy atom. The van der Waals surface area contributed by atoms with Gasteiger partial charge in [-0.25, -0.2) is 8.42 Å². The van der Waals surface area contributed by atoms with Gasteiger partial charge in [0, 0.05) is 0 Å². The zero-order valence-electron chi connectivity index (χ0n) is 8.35. The third-order valence-corrected chi connectivity index (χ3v) is 5.45. The van der Waals surface area contributed by atoms with Crippen molar-refractivity contribution in [2.75, 3.05) is 11.5 Å². The van der Waals surface area contributed by atoms with E-state index in [2.05, 4.69) is 0 Å². The standard InChI is InChI=1S/C10H18O3S/c11-10-4-2-1-3-9(10)8-5-6-14(12,13)7-8/h8-11H,1-7H2. The van der Waals surface area contributed by atoms with Gasteiger partial charge in [-0.05, 0) is 31.1 Å². The molecule has 3 atom stereocenters. The Bertz CT molecular complexity index is 296. The zero-order valence-corrected chi connectivity index (χ0v) is 9.17. The topological polar surface area (TPSA) is 54.4 Å². The number of sulfone groups is 1. The van der Waals surface area contributed by atoms with E-state index >= 15 is 0 Å². The molecule has 2 aliphatic rings. The minimum atomic E-state index is -2.78. The van der Waals surface area contributed by atoms with Gasteiger partial charge in [-0.3, -0.25) is 0 Å². The lowest BCUT2D eigenvalue weighted by atomic mass is 9.78. The van der Waals surface area contributed by atoms with E-state index in [0.717, 1.165) is 32.1 Å². The van der Waals surface area contributed by atoms with E-state index in [-0.39, 0.29) is 17.9 Å². The van der Waals surface area contributed by atoms with Gasteiger partial charge in [0.15, 0.2) is 9.84 Å². The first-order valence-electron chi connectivity index (χ1n) is 5.47. The molecule has 3 nitrogen and oxygen atoms in total. The summed E-state index contributed by atoms with van der Waals surface area (Å²) in [6.45, 7) is 0. The third kappa shape index (κ3) is 2.11. The smallest absolute Gasteiger partial charge is 0.150 e. The first-order valence-corrected chi connectivity index (χ1v) is 7.29. The maximum atomic E-state index is 11.3. The summed E-state index contributed by atoms with van der Waals surface area (Å²) in [4.78, 5) is 0. The highest BCUT2D eigenvalue weighted by Crippen LogP contribution is 2.36. The van der Waals surface area contributed by atoms with E-state index in [9.17, 15) is 13.5 Å². The molecule has 0 amide bonds. The summed E-state index contributed by atoms with van der Waals surface area (Å²) in [6.07, 6.45) is 4.64. The summed E-state index contributed by atoms with van der Waals surface area (Å²) in [6, 6.07) is 0. The summed E-state index contributed by atoms with van der Waals surface area (Å²) in [5.74, 6) is 1.13. The van der Waals surface area contributed by atoms with Crippen LogP contribution in [-0.4, -0.2) is 31.1 Å². The quantitative estimate of drug-likeness (QED) is 0.713. The van der Waals surface area contributed by atoms with Crippen molar-refractivity contribution in [3.05, 3.63) is 0 Å². The molecule has 2 fully saturated rings. The fourth-order valence-electron chi connectivity index (χ4n) is 2.85. The van der Waals surface area contributed by atoms with Gasteiger partial charge in [0.1, 0.15) is 0 Å². The van der Waals surface area contributed by atoms with E-state index in [1.807, 2.05) is 0 Å². The number of rotatable bonds is 1. The molecule has 0 aromatic rings. The lowest BCUT2D eigenvalue weighted by Gasteiger charge is -2.31. The summed E-state index contributed by atoms with van der Waals surface area (Å²) in [7, 11) is -2.78. The van der Waals surface area contributed by atoms with Crippen molar-refractivity contribution >= 4 is 9.84 Å². The van der Waals surface area contributed by atoms with Crippen molar-refractivity contribution in [3.8, 4) is 0 Å². The molecule has 1 saturated heterocycles. The van der Waals surface area contributed by atoms with E-state index < -0.39 is 9.84 Å². The summed E-state index contributed by atoms with van der Waals surface area (Å²) in [5, 5.41) is 9.80. The van der Waals surface area contributed by atoms with Crippen LogP contribution in [0.4, 0.5) is 0 Å². The summed E-state index contributed by atoms with van der Waals surface area (Å²) >= 11 is 0. The van der Waals surface area contributed by atoms with Crippen LogP contribution < -0.4 is 0 Å². The second kappa shape index (κ2) is 3.81. The Hall–Kier alpha value is -0.0900. The zero-order chi connectivity index (χ0) is 10.2. The van der Waals surface area contributed by atoms with Gasteiger partial charge in [0.2, 0.25) is 0 Å². The molecular weight excluding hydrogens is 200 g/mol. The van der Waals surface area contributed by atoms with Crippen molar-refractivity contribution < 1.29 is 13.5 Å². The molecule has 82 valence electrons. The molecule has 1 heterocycles. The monoisotopic (exact) mass is 218 g/mol. The fourth-order valence-corrected chi connectivity index (χ4v) is 4.75. The van der Waals surface area contributed by atoms with Crippen molar-refractivity contribution in [1.29, 1.82) is 0 Å². The highest BCUT2D eigenvalue weighted by atomic mass is 32.2. The van der Waals surface area contributed by atoms with Crippen LogP contribution in [0.15, 0.2) is 0 Å². The SMILES string of the molecule is O=S1(=O)CCC(C2CCCCC2O)C1. The Morgan fingerprint density at radius 2 is 1.79 bits per heavy atom. The van der Waals surface area contributed by atoms with Gasteiger partial charge in [-0.1, -0.05) is 12.8 Å². The molecule has 2 rings (SSSR count). The van der Waals surface area contributed by atoms with Crippen LogP contribution in [0.2, 0.25) is 0 Å². The predicted molar refractivity (Wildman–Crippen MR) is 54.7 cm³/mol. The first kappa shape index (κ1) is 10.4. The van der Waals surface area contributed by atoms with Crippen LogP contribution in [0, 0.1) is 11.8 Å². The molecule has 3 unspecified atom stereocenters. The first-order chi connectivity index (χ1) is 6.58. The third-order valence-electron chi connectivity index (χ3n) is 3.65. The van der Waals surface area contributed by atoms with Crippen molar-refractivity contribution in [1.82, 2.24) is 0 Å². The van der Waals surface area contributed by atoms with Crippen molar-refractivity contribution in [2.45, 2.75) is 38.2 Å². The lowest BCUT2D eigenvalue weighted by Crippen LogP contribution is -2.31. The molecule has 0 radical (unpaired) electrons. The molecule has 4 heteroatoms. The highest BCUT2D eigenvalue weighted by molar-refractivity contribution is 7.91. The molecule has 0 bridgehead atoms. The Labute approximate surface area is 85.4 Å². The van der Waals surface area contributed by atoms with Crippen LogP contribution >= 0.6 is 0 Å². The summed E-state index contributed by atoms with van der Waals surface area (Å²) in [5.41, 5.74) is 0. The second-order valence-electron chi connectivity index (χ2n) is 4.68. The molecule has 1 N–H and O–H groups in total. The Kier molecular flexibility index (Phi) is 2.84. The fraction of sp³-hybridized carbons (Fsp3) is 1.00. The second-order valence-corrected chi connectivity index (χ2v) is 6.91. The van der Waals surface area contributed by atoms with Gasteiger partial charge in [0.05, 0.1) is 17.6 Å². The molecule has 0 aromatic carbocycles. The molecule has 1 aliphatic carbocycles. The molecular formula is C10H18O3S. The Morgan fingerprint density at radius 1 is 1.07 bits per heavy atom. The number of hydrogen-bond acceptors (Lipinski definition) is 3. The molecule has 0 spiro atoms. The van der Waals surface area contributed by atoms with Crippen LogP contribution in [0.3, 0.4) is 0 Å². The molecule has 0 aromatic heterocycles. The van der Waals surface area contributed by atoms with Crippen LogP contribution in [0.1, 0.15) is 32.1 Å². The maximum Gasteiger partial charge on any atom is 0.150 e. The lowest BCUT2D eigenvalue weighted by molar-refractivity contribution is 0.0429. The predicted octanol–water partition coefficient (Wildman–Crippen LogP) is 0.972. The average Bonchev–Trinajstić information content (AvgIpc) is 2.47. The minimum Gasteiger partial charge on any atom is -0.393 e. The maximum absolute atomic E-state index is 11.3. The molecule has 14 heavy (non-hydrogen) atoms. The minimum absolute atomic E-state index is 0.232. The van der Waals surface area contributed by atoms with E-state index in [1.165, 1.54) is 0 Å². The molecule has 1 saturated carbocycles. The average molecular weight is 218 g/mol.